The third-order valence-corrected chi connectivity index (χ3v) is 3.55. The van der Waals surface area contributed by atoms with Crippen molar-refractivity contribution < 1.29 is 0 Å². The van der Waals surface area contributed by atoms with E-state index in [-0.39, 0.29) is 0 Å². The average Bonchev–Trinajstić information content (AvgIpc) is 2.18. The standard InChI is InChI=1S/C12H26N2/c1-5-10(2)9-14(4)12-7-6-11(3)13-8-12/h10-13H,5-9H2,1-4H3. The average molecular weight is 198 g/mol. The summed E-state index contributed by atoms with van der Waals surface area (Å²) >= 11 is 0. The lowest BCUT2D eigenvalue weighted by Gasteiger charge is -2.35. The molecular weight excluding hydrogens is 172 g/mol. The molecule has 0 saturated carbocycles. The van der Waals surface area contributed by atoms with Gasteiger partial charge in [0.25, 0.3) is 0 Å². The Bertz CT molecular complexity index is 150. The van der Waals surface area contributed by atoms with Gasteiger partial charge in [0, 0.05) is 25.2 Å². The fourth-order valence-corrected chi connectivity index (χ4v) is 2.13. The van der Waals surface area contributed by atoms with Crippen LogP contribution in [0.5, 0.6) is 0 Å². The van der Waals surface area contributed by atoms with Crippen LogP contribution >= 0.6 is 0 Å². The molecule has 0 aromatic heterocycles. The van der Waals surface area contributed by atoms with E-state index in [1.165, 1.54) is 32.4 Å². The van der Waals surface area contributed by atoms with Gasteiger partial charge in [0.1, 0.15) is 0 Å². The summed E-state index contributed by atoms with van der Waals surface area (Å²) in [5, 5.41) is 3.56. The summed E-state index contributed by atoms with van der Waals surface area (Å²) in [6.07, 6.45) is 3.98. The van der Waals surface area contributed by atoms with Crippen molar-refractivity contribution in [2.45, 2.75) is 52.1 Å². The molecule has 1 saturated heterocycles. The number of likely N-dealkylation sites (N-methyl/N-ethyl adjacent to an activating group) is 1. The molecule has 1 N–H and O–H groups in total. The molecule has 0 bridgehead atoms. The van der Waals surface area contributed by atoms with E-state index >= 15 is 0 Å². The van der Waals surface area contributed by atoms with Gasteiger partial charge in [-0.1, -0.05) is 20.3 Å². The molecule has 0 amide bonds. The highest BCUT2D eigenvalue weighted by molar-refractivity contribution is 4.81. The van der Waals surface area contributed by atoms with Gasteiger partial charge >= 0.3 is 0 Å². The Balaban J connectivity index is 2.26. The van der Waals surface area contributed by atoms with Crippen molar-refractivity contribution in [3.8, 4) is 0 Å². The highest BCUT2D eigenvalue weighted by Gasteiger charge is 2.21. The molecule has 1 rings (SSSR count). The first-order chi connectivity index (χ1) is 6.63. The van der Waals surface area contributed by atoms with Crippen molar-refractivity contribution >= 4 is 0 Å². The van der Waals surface area contributed by atoms with Gasteiger partial charge in [-0.2, -0.15) is 0 Å². The predicted molar refractivity (Wildman–Crippen MR) is 62.6 cm³/mol. The molecule has 84 valence electrons. The van der Waals surface area contributed by atoms with Crippen molar-refractivity contribution in [2.24, 2.45) is 5.92 Å². The van der Waals surface area contributed by atoms with E-state index in [1.807, 2.05) is 0 Å². The molecule has 0 aromatic rings. The Labute approximate surface area is 89.1 Å². The van der Waals surface area contributed by atoms with Gasteiger partial charge in [-0.3, -0.25) is 0 Å². The van der Waals surface area contributed by atoms with Gasteiger partial charge in [-0.25, -0.2) is 0 Å². The molecule has 1 aliphatic heterocycles. The number of hydrogen-bond donors (Lipinski definition) is 1. The molecule has 0 spiro atoms. The number of piperidine rings is 1. The zero-order valence-electron chi connectivity index (χ0n) is 10.2. The maximum Gasteiger partial charge on any atom is 0.0218 e. The fraction of sp³-hybridized carbons (Fsp3) is 1.00. The minimum atomic E-state index is 0.725. The lowest BCUT2D eigenvalue weighted by molar-refractivity contribution is 0.166. The minimum absolute atomic E-state index is 0.725. The van der Waals surface area contributed by atoms with Crippen LogP contribution in [0, 0.1) is 5.92 Å². The summed E-state index contributed by atoms with van der Waals surface area (Å²) in [5.41, 5.74) is 0. The molecule has 14 heavy (non-hydrogen) atoms. The summed E-state index contributed by atoms with van der Waals surface area (Å²) in [6.45, 7) is 9.32. The van der Waals surface area contributed by atoms with Crippen molar-refractivity contribution in [2.75, 3.05) is 20.1 Å². The summed E-state index contributed by atoms with van der Waals surface area (Å²) in [7, 11) is 2.27. The van der Waals surface area contributed by atoms with Gasteiger partial charge in [-0.15, -0.1) is 0 Å². The van der Waals surface area contributed by atoms with Crippen LogP contribution in [-0.2, 0) is 0 Å². The lowest BCUT2D eigenvalue weighted by Crippen LogP contribution is -2.48. The molecule has 0 aromatic carbocycles. The Kier molecular flexibility index (Phi) is 4.90. The van der Waals surface area contributed by atoms with E-state index < -0.39 is 0 Å². The van der Waals surface area contributed by atoms with Crippen molar-refractivity contribution in [1.29, 1.82) is 0 Å². The van der Waals surface area contributed by atoms with Crippen LogP contribution in [0.25, 0.3) is 0 Å². The third-order valence-electron chi connectivity index (χ3n) is 3.55. The quantitative estimate of drug-likeness (QED) is 0.744. The largest absolute Gasteiger partial charge is 0.313 e. The molecule has 1 aliphatic rings. The van der Waals surface area contributed by atoms with Crippen LogP contribution in [0.1, 0.15) is 40.0 Å². The zero-order chi connectivity index (χ0) is 10.6. The van der Waals surface area contributed by atoms with Gasteiger partial charge in [0.15, 0.2) is 0 Å². The topological polar surface area (TPSA) is 15.3 Å². The highest BCUT2D eigenvalue weighted by Crippen LogP contribution is 2.14. The Morgan fingerprint density at radius 1 is 1.43 bits per heavy atom. The van der Waals surface area contributed by atoms with E-state index in [9.17, 15) is 0 Å². The van der Waals surface area contributed by atoms with Crippen molar-refractivity contribution in [3.05, 3.63) is 0 Å². The monoisotopic (exact) mass is 198 g/mol. The number of rotatable bonds is 4. The number of nitrogens with zero attached hydrogens (tertiary/aromatic N) is 1. The second-order valence-corrected chi connectivity index (χ2v) is 4.99. The molecule has 3 unspecified atom stereocenters. The summed E-state index contributed by atoms with van der Waals surface area (Å²) in [5.74, 6) is 0.833. The van der Waals surface area contributed by atoms with Crippen molar-refractivity contribution in [1.82, 2.24) is 10.2 Å². The molecule has 2 heteroatoms. The van der Waals surface area contributed by atoms with Crippen molar-refractivity contribution in [3.63, 3.8) is 0 Å². The maximum absolute atomic E-state index is 3.56. The van der Waals surface area contributed by atoms with Gasteiger partial charge in [0.2, 0.25) is 0 Å². The summed E-state index contributed by atoms with van der Waals surface area (Å²) < 4.78 is 0. The zero-order valence-corrected chi connectivity index (χ0v) is 10.2. The first-order valence-electron chi connectivity index (χ1n) is 6.07. The molecule has 1 heterocycles. The first-order valence-corrected chi connectivity index (χ1v) is 6.07. The molecule has 3 atom stereocenters. The third kappa shape index (κ3) is 3.58. The summed E-state index contributed by atoms with van der Waals surface area (Å²) in [4.78, 5) is 2.53. The van der Waals surface area contributed by atoms with Gasteiger partial charge < -0.3 is 10.2 Å². The second-order valence-electron chi connectivity index (χ2n) is 4.99. The number of nitrogens with one attached hydrogen (secondary N) is 1. The molecule has 2 nitrogen and oxygen atoms in total. The van der Waals surface area contributed by atoms with Crippen LogP contribution in [-0.4, -0.2) is 37.1 Å². The van der Waals surface area contributed by atoms with Crippen LogP contribution in [0.15, 0.2) is 0 Å². The maximum atomic E-state index is 3.56. The SMILES string of the molecule is CCC(C)CN(C)C1CCC(C)NC1. The van der Waals surface area contributed by atoms with E-state index in [0.29, 0.717) is 0 Å². The normalized spacial score (nSPS) is 30.6. The van der Waals surface area contributed by atoms with E-state index in [0.717, 1.165) is 18.0 Å². The number of hydrogen-bond acceptors (Lipinski definition) is 2. The van der Waals surface area contributed by atoms with Crippen LogP contribution in [0.2, 0.25) is 0 Å². The minimum Gasteiger partial charge on any atom is -0.313 e. The van der Waals surface area contributed by atoms with Gasteiger partial charge in [0.05, 0.1) is 0 Å². The predicted octanol–water partition coefficient (Wildman–Crippen LogP) is 2.10. The van der Waals surface area contributed by atoms with Crippen LogP contribution < -0.4 is 5.32 Å². The first kappa shape index (κ1) is 12.0. The van der Waals surface area contributed by atoms with Crippen LogP contribution in [0.4, 0.5) is 0 Å². The molecular formula is C12H26N2. The molecule has 0 aliphatic carbocycles. The molecule has 0 radical (unpaired) electrons. The Morgan fingerprint density at radius 3 is 2.64 bits per heavy atom. The second kappa shape index (κ2) is 5.72. The molecule has 1 fully saturated rings. The fourth-order valence-electron chi connectivity index (χ4n) is 2.13. The summed E-state index contributed by atoms with van der Waals surface area (Å²) in [6, 6.07) is 1.49. The Hall–Kier alpha value is -0.0800. The van der Waals surface area contributed by atoms with Gasteiger partial charge in [-0.05, 0) is 32.7 Å². The highest BCUT2D eigenvalue weighted by atomic mass is 15.2. The van der Waals surface area contributed by atoms with E-state index in [2.05, 4.69) is 38.0 Å². The smallest absolute Gasteiger partial charge is 0.0218 e. The lowest BCUT2D eigenvalue weighted by atomic mass is 9.99. The van der Waals surface area contributed by atoms with E-state index in [4.69, 9.17) is 0 Å². The van der Waals surface area contributed by atoms with Crippen LogP contribution in [0.3, 0.4) is 0 Å². The van der Waals surface area contributed by atoms with E-state index in [1.54, 1.807) is 0 Å². The Morgan fingerprint density at radius 2 is 2.14 bits per heavy atom.